The number of benzene rings is 1. The second-order valence-electron chi connectivity index (χ2n) is 6.31. The Balaban J connectivity index is 2.57. The Labute approximate surface area is 127 Å². The summed E-state index contributed by atoms with van der Waals surface area (Å²) in [6.07, 6.45) is -0.0410. The van der Waals surface area contributed by atoms with Gasteiger partial charge in [0.05, 0.1) is 19.3 Å². The second kappa shape index (κ2) is 8.47. The van der Waals surface area contributed by atoms with Crippen LogP contribution in [0.2, 0.25) is 0 Å². The van der Waals surface area contributed by atoms with Gasteiger partial charge < -0.3 is 14.8 Å². The lowest BCUT2D eigenvalue weighted by molar-refractivity contribution is -0.0125. The molecule has 0 aromatic heterocycles. The first-order valence-corrected chi connectivity index (χ1v) is 7.53. The third-order valence-electron chi connectivity index (χ3n) is 3.01. The zero-order valence-corrected chi connectivity index (χ0v) is 13.8. The topological polar surface area (TPSA) is 30.5 Å². The van der Waals surface area contributed by atoms with E-state index in [9.17, 15) is 4.39 Å². The van der Waals surface area contributed by atoms with Gasteiger partial charge in [-0.2, -0.15) is 0 Å². The van der Waals surface area contributed by atoms with Crippen LogP contribution in [-0.4, -0.2) is 24.9 Å². The van der Waals surface area contributed by atoms with Gasteiger partial charge in [0.15, 0.2) is 0 Å². The zero-order valence-electron chi connectivity index (χ0n) is 13.8. The SMILES string of the molecule is CCOCC(C)OCc1cc(CNC(C)(C)C)ccc1F. The van der Waals surface area contributed by atoms with E-state index in [0.29, 0.717) is 25.3 Å². The van der Waals surface area contributed by atoms with Gasteiger partial charge in [-0.25, -0.2) is 4.39 Å². The molecule has 0 saturated heterocycles. The van der Waals surface area contributed by atoms with Crippen LogP contribution in [0.3, 0.4) is 0 Å². The summed E-state index contributed by atoms with van der Waals surface area (Å²) in [5.41, 5.74) is 1.69. The monoisotopic (exact) mass is 297 g/mol. The standard InChI is InChI=1S/C17H28FNO2/c1-6-20-11-13(2)21-12-15-9-14(7-8-16(15)18)10-19-17(3,4)5/h7-9,13,19H,6,10-12H2,1-5H3. The molecule has 1 rings (SSSR count). The highest BCUT2D eigenvalue weighted by Gasteiger charge is 2.11. The lowest BCUT2D eigenvalue weighted by atomic mass is 10.1. The highest BCUT2D eigenvalue weighted by atomic mass is 19.1. The summed E-state index contributed by atoms with van der Waals surface area (Å²) in [6.45, 7) is 12.4. The normalized spacial score (nSPS) is 13.4. The lowest BCUT2D eigenvalue weighted by Gasteiger charge is -2.21. The lowest BCUT2D eigenvalue weighted by Crippen LogP contribution is -2.35. The molecule has 0 aliphatic carbocycles. The van der Waals surface area contributed by atoms with E-state index in [1.165, 1.54) is 6.07 Å². The first kappa shape index (κ1) is 18.1. The summed E-state index contributed by atoms with van der Waals surface area (Å²) in [7, 11) is 0. The molecule has 120 valence electrons. The van der Waals surface area contributed by atoms with Gasteiger partial charge in [-0.1, -0.05) is 6.07 Å². The van der Waals surface area contributed by atoms with E-state index in [4.69, 9.17) is 9.47 Å². The number of hydrogen-bond donors (Lipinski definition) is 1. The first-order chi connectivity index (χ1) is 9.81. The minimum Gasteiger partial charge on any atom is -0.379 e. The van der Waals surface area contributed by atoms with Crippen LogP contribution in [0.15, 0.2) is 18.2 Å². The molecular formula is C17H28FNO2. The van der Waals surface area contributed by atoms with Crippen molar-refractivity contribution in [2.24, 2.45) is 0 Å². The van der Waals surface area contributed by atoms with Crippen LogP contribution >= 0.6 is 0 Å². The maximum atomic E-state index is 13.8. The predicted molar refractivity (Wildman–Crippen MR) is 83.7 cm³/mol. The van der Waals surface area contributed by atoms with Gasteiger partial charge >= 0.3 is 0 Å². The van der Waals surface area contributed by atoms with Crippen LogP contribution in [0.5, 0.6) is 0 Å². The fourth-order valence-electron chi connectivity index (χ4n) is 1.78. The minimum absolute atomic E-state index is 0.0387. The quantitative estimate of drug-likeness (QED) is 0.794. The van der Waals surface area contributed by atoms with Gasteiger partial charge in [0, 0.05) is 24.3 Å². The summed E-state index contributed by atoms with van der Waals surface area (Å²) in [6, 6.07) is 5.17. The van der Waals surface area contributed by atoms with Crippen molar-refractivity contribution in [3.8, 4) is 0 Å². The van der Waals surface area contributed by atoms with Crippen LogP contribution < -0.4 is 5.32 Å². The third-order valence-corrected chi connectivity index (χ3v) is 3.01. The van der Waals surface area contributed by atoms with E-state index in [-0.39, 0.29) is 24.1 Å². The molecule has 1 aromatic rings. The van der Waals surface area contributed by atoms with Crippen molar-refractivity contribution in [3.05, 3.63) is 35.1 Å². The molecule has 0 amide bonds. The fraction of sp³-hybridized carbons (Fsp3) is 0.647. The van der Waals surface area contributed by atoms with Crippen LogP contribution in [0.1, 0.15) is 45.7 Å². The predicted octanol–water partition coefficient (Wildman–Crippen LogP) is 3.66. The number of hydrogen-bond acceptors (Lipinski definition) is 3. The van der Waals surface area contributed by atoms with Crippen LogP contribution in [0.25, 0.3) is 0 Å². The van der Waals surface area contributed by atoms with Crippen molar-refractivity contribution in [3.63, 3.8) is 0 Å². The minimum atomic E-state index is -0.224. The Morgan fingerprint density at radius 1 is 1.29 bits per heavy atom. The van der Waals surface area contributed by atoms with E-state index in [2.05, 4.69) is 26.1 Å². The summed E-state index contributed by atoms with van der Waals surface area (Å²) in [4.78, 5) is 0. The summed E-state index contributed by atoms with van der Waals surface area (Å²) < 4.78 is 24.7. The van der Waals surface area contributed by atoms with E-state index in [1.807, 2.05) is 19.9 Å². The Bertz CT molecular complexity index is 429. The van der Waals surface area contributed by atoms with Crippen molar-refractivity contribution in [2.45, 2.75) is 59.4 Å². The Hall–Kier alpha value is -0.970. The molecule has 0 radical (unpaired) electrons. The summed E-state index contributed by atoms with van der Waals surface area (Å²) in [5, 5.41) is 3.39. The number of rotatable bonds is 8. The molecule has 1 unspecified atom stereocenters. The Kier molecular flexibility index (Phi) is 7.29. The maximum Gasteiger partial charge on any atom is 0.128 e. The molecule has 0 saturated carbocycles. The second-order valence-corrected chi connectivity index (χ2v) is 6.31. The van der Waals surface area contributed by atoms with Gasteiger partial charge in [0.2, 0.25) is 0 Å². The summed E-state index contributed by atoms with van der Waals surface area (Å²) >= 11 is 0. The Morgan fingerprint density at radius 2 is 2.00 bits per heavy atom. The average Bonchev–Trinajstić information content (AvgIpc) is 2.41. The van der Waals surface area contributed by atoms with Gasteiger partial charge in [0.25, 0.3) is 0 Å². The fourth-order valence-corrected chi connectivity index (χ4v) is 1.78. The molecule has 3 nitrogen and oxygen atoms in total. The van der Waals surface area contributed by atoms with Gasteiger partial charge in [-0.3, -0.25) is 0 Å². The molecule has 21 heavy (non-hydrogen) atoms. The molecule has 0 heterocycles. The number of halogens is 1. The summed E-state index contributed by atoms with van der Waals surface area (Å²) in [5.74, 6) is -0.224. The third kappa shape index (κ3) is 7.55. The molecule has 0 aliphatic heterocycles. The number of nitrogens with one attached hydrogen (secondary N) is 1. The van der Waals surface area contributed by atoms with Crippen molar-refractivity contribution in [1.82, 2.24) is 5.32 Å². The maximum absolute atomic E-state index is 13.8. The highest BCUT2D eigenvalue weighted by Crippen LogP contribution is 2.14. The van der Waals surface area contributed by atoms with Gasteiger partial charge in [-0.15, -0.1) is 0 Å². The Morgan fingerprint density at radius 3 is 2.62 bits per heavy atom. The molecular weight excluding hydrogens is 269 g/mol. The molecule has 0 bridgehead atoms. The molecule has 0 aliphatic rings. The van der Waals surface area contributed by atoms with Crippen LogP contribution in [-0.2, 0) is 22.6 Å². The van der Waals surface area contributed by atoms with E-state index < -0.39 is 0 Å². The van der Waals surface area contributed by atoms with E-state index >= 15 is 0 Å². The van der Waals surface area contributed by atoms with Crippen LogP contribution in [0, 0.1) is 5.82 Å². The zero-order chi connectivity index (χ0) is 15.9. The van der Waals surface area contributed by atoms with Crippen molar-refractivity contribution >= 4 is 0 Å². The van der Waals surface area contributed by atoms with Gasteiger partial charge in [-0.05, 0) is 52.3 Å². The highest BCUT2D eigenvalue weighted by molar-refractivity contribution is 5.24. The molecule has 1 aromatic carbocycles. The van der Waals surface area contributed by atoms with Crippen LogP contribution in [0.4, 0.5) is 4.39 Å². The smallest absolute Gasteiger partial charge is 0.128 e. The van der Waals surface area contributed by atoms with Crippen molar-refractivity contribution in [1.29, 1.82) is 0 Å². The van der Waals surface area contributed by atoms with Gasteiger partial charge in [0.1, 0.15) is 5.82 Å². The molecule has 1 N–H and O–H groups in total. The van der Waals surface area contributed by atoms with Crippen molar-refractivity contribution in [2.75, 3.05) is 13.2 Å². The molecule has 0 spiro atoms. The van der Waals surface area contributed by atoms with E-state index in [1.54, 1.807) is 6.07 Å². The molecule has 4 heteroatoms. The largest absolute Gasteiger partial charge is 0.379 e. The first-order valence-electron chi connectivity index (χ1n) is 7.53. The molecule has 1 atom stereocenters. The number of ether oxygens (including phenoxy) is 2. The van der Waals surface area contributed by atoms with E-state index in [0.717, 1.165) is 5.56 Å². The van der Waals surface area contributed by atoms with Crippen molar-refractivity contribution < 1.29 is 13.9 Å². The average molecular weight is 297 g/mol. The molecule has 0 fully saturated rings.